The second-order valence-corrected chi connectivity index (χ2v) is 4.85. The van der Waals surface area contributed by atoms with Gasteiger partial charge in [-0.2, -0.15) is 0 Å². The Morgan fingerprint density at radius 3 is 2.90 bits per heavy atom. The minimum atomic E-state index is -0.223. The standard InChI is InChI=1S/C15H16N4O2/c1-9-7-16-14(18-9)15(20)17-8-11-5-10-6-12(21-2)3-4-13(10)19-11/h3-7,19H,8H2,1-2H3,(H,16,18)(H,17,20). The lowest BCUT2D eigenvalue weighted by molar-refractivity contribution is 0.0941. The zero-order valence-electron chi connectivity index (χ0n) is 11.9. The minimum Gasteiger partial charge on any atom is -0.497 e. The Labute approximate surface area is 121 Å². The van der Waals surface area contributed by atoms with Gasteiger partial charge in [-0.25, -0.2) is 4.98 Å². The molecule has 0 aliphatic heterocycles. The molecule has 0 bridgehead atoms. The van der Waals surface area contributed by atoms with Crippen LogP contribution < -0.4 is 10.1 Å². The fourth-order valence-electron chi connectivity index (χ4n) is 2.18. The first-order chi connectivity index (χ1) is 10.2. The summed E-state index contributed by atoms with van der Waals surface area (Å²) in [6, 6.07) is 7.79. The molecule has 0 atom stereocenters. The summed E-state index contributed by atoms with van der Waals surface area (Å²) in [5, 5.41) is 3.87. The van der Waals surface area contributed by atoms with E-state index in [1.807, 2.05) is 31.2 Å². The molecule has 21 heavy (non-hydrogen) atoms. The number of carbonyl (C=O) groups is 1. The van der Waals surface area contributed by atoms with Crippen molar-refractivity contribution in [3.63, 3.8) is 0 Å². The molecular weight excluding hydrogens is 268 g/mol. The number of hydrogen-bond donors (Lipinski definition) is 3. The number of benzene rings is 1. The van der Waals surface area contributed by atoms with Gasteiger partial charge in [-0.3, -0.25) is 4.79 Å². The number of ether oxygens (including phenoxy) is 1. The SMILES string of the molecule is COc1ccc2[nH]c(CNC(=O)c3ncc(C)[nH]3)cc2c1. The molecule has 2 aromatic heterocycles. The summed E-state index contributed by atoms with van der Waals surface area (Å²) in [5.41, 5.74) is 2.79. The van der Waals surface area contributed by atoms with Crippen molar-refractivity contribution in [2.24, 2.45) is 0 Å². The number of hydrogen-bond acceptors (Lipinski definition) is 3. The second kappa shape index (κ2) is 5.32. The Hall–Kier alpha value is -2.76. The third-order valence-electron chi connectivity index (χ3n) is 3.24. The quantitative estimate of drug-likeness (QED) is 0.686. The number of methoxy groups -OCH3 is 1. The Morgan fingerprint density at radius 1 is 1.33 bits per heavy atom. The van der Waals surface area contributed by atoms with Gasteiger partial charge >= 0.3 is 0 Å². The summed E-state index contributed by atoms with van der Waals surface area (Å²) < 4.78 is 5.19. The van der Waals surface area contributed by atoms with E-state index in [1.54, 1.807) is 13.3 Å². The molecule has 0 unspecified atom stereocenters. The molecule has 0 aliphatic rings. The van der Waals surface area contributed by atoms with E-state index >= 15 is 0 Å². The molecule has 1 aromatic carbocycles. The highest BCUT2D eigenvalue weighted by Gasteiger charge is 2.09. The molecule has 2 heterocycles. The lowest BCUT2D eigenvalue weighted by atomic mass is 10.2. The number of aryl methyl sites for hydroxylation is 1. The van der Waals surface area contributed by atoms with E-state index in [4.69, 9.17) is 4.74 Å². The average molecular weight is 284 g/mol. The van der Waals surface area contributed by atoms with Gasteiger partial charge in [0.15, 0.2) is 5.82 Å². The minimum absolute atomic E-state index is 0.223. The summed E-state index contributed by atoms with van der Waals surface area (Å²) in [6.07, 6.45) is 1.63. The van der Waals surface area contributed by atoms with E-state index in [0.29, 0.717) is 12.4 Å². The smallest absolute Gasteiger partial charge is 0.287 e. The van der Waals surface area contributed by atoms with Crippen LogP contribution in [0.2, 0.25) is 0 Å². The normalized spacial score (nSPS) is 10.8. The van der Waals surface area contributed by atoms with Crippen molar-refractivity contribution in [2.75, 3.05) is 7.11 Å². The first kappa shape index (κ1) is 13.2. The van der Waals surface area contributed by atoms with Crippen LogP contribution in [0.5, 0.6) is 5.75 Å². The molecule has 0 radical (unpaired) electrons. The molecule has 0 aliphatic carbocycles. The number of imidazole rings is 1. The molecule has 0 saturated carbocycles. The van der Waals surface area contributed by atoms with Crippen LogP contribution in [0, 0.1) is 6.92 Å². The van der Waals surface area contributed by atoms with Crippen LogP contribution in [0.25, 0.3) is 10.9 Å². The van der Waals surface area contributed by atoms with Crippen molar-refractivity contribution in [1.82, 2.24) is 20.3 Å². The summed E-state index contributed by atoms with van der Waals surface area (Å²) >= 11 is 0. The highest BCUT2D eigenvalue weighted by molar-refractivity contribution is 5.90. The van der Waals surface area contributed by atoms with Crippen LogP contribution in [0.4, 0.5) is 0 Å². The van der Waals surface area contributed by atoms with Gasteiger partial charge in [-0.15, -0.1) is 0 Å². The third kappa shape index (κ3) is 2.74. The zero-order valence-corrected chi connectivity index (χ0v) is 11.9. The predicted octanol–water partition coefficient (Wildman–Crippen LogP) is 2.14. The Bertz CT molecular complexity index is 788. The molecular formula is C15H16N4O2. The van der Waals surface area contributed by atoms with E-state index < -0.39 is 0 Å². The van der Waals surface area contributed by atoms with Crippen LogP contribution in [-0.4, -0.2) is 28.0 Å². The van der Waals surface area contributed by atoms with Gasteiger partial charge in [-0.1, -0.05) is 0 Å². The number of fused-ring (bicyclic) bond motifs is 1. The topological polar surface area (TPSA) is 82.8 Å². The fraction of sp³-hybridized carbons (Fsp3) is 0.200. The highest BCUT2D eigenvalue weighted by atomic mass is 16.5. The molecule has 0 spiro atoms. The van der Waals surface area contributed by atoms with Gasteiger partial charge in [0.2, 0.25) is 0 Å². The number of amides is 1. The predicted molar refractivity (Wildman–Crippen MR) is 79.3 cm³/mol. The molecule has 108 valence electrons. The van der Waals surface area contributed by atoms with E-state index in [2.05, 4.69) is 20.3 Å². The Kier molecular flexibility index (Phi) is 3.35. The summed E-state index contributed by atoms with van der Waals surface area (Å²) in [5.74, 6) is 0.910. The maximum Gasteiger partial charge on any atom is 0.287 e. The van der Waals surface area contributed by atoms with Gasteiger partial charge < -0.3 is 20.0 Å². The van der Waals surface area contributed by atoms with Gasteiger partial charge in [0, 0.05) is 28.5 Å². The van der Waals surface area contributed by atoms with E-state index in [1.165, 1.54) is 0 Å². The van der Waals surface area contributed by atoms with Crippen molar-refractivity contribution in [3.8, 4) is 5.75 Å². The van der Waals surface area contributed by atoms with E-state index in [9.17, 15) is 4.79 Å². The Morgan fingerprint density at radius 2 is 2.19 bits per heavy atom. The molecule has 3 N–H and O–H groups in total. The zero-order chi connectivity index (χ0) is 14.8. The van der Waals surface area contributed by atoms with Gasteiger partial charge in [-0.05, 0) is 31.2 Å². The van der Waals surface area contributed by atoms with Crippen molar-refractivity contribution in [1.29, 1.82) is 0 Å². The number of H-pyrrole nitrogens is 2. The van der Waals surface area contributed by atoms with E-state index in [0.717, 1.165) is 28.0 Å². The molecule has 0 saturated heterocycles. The van der Waals surface area contributed by atoms with Crippen molar-refractivity contribution in [3.05, 3.63) is 47.7 Å². The first-order valence-electron chi connectivity index (χ1n) is 6.61. The summed E-state index contributed by atoms with van der Waals surface area (Å²) in [6.45, 7) is 2.27. The molecule has 1 amide bonds. The second-order valence-electron chi connectivity index (χ2n) is 4.85. The fourth-order valence-corrected chi connectivity index (χ4v) is 2.18. The van der Waals surface area contributed by atoms with Crippen LogP contribution in [-0.2, 0) is 6.54 Å². The molecule has 3 rings (SSSR count). The largest absolute Gasteiger partial charge is 0.497 e. The number of carbonyl (C=O) groups excluding carboxylic acids is 1. The third-order valence-corrected chi connectivity index (χ3v) is 3.24. The molecule has 6 nitrogen and oxygen atoms in total. The number of aromatic amines is 2. The van der Waals surface area contributed by atoms with Crippen molar-refractivity contribution in [2.45, 2.75) is 13.5 Å². The lowest BCUT2D eigenvalue weighted by Crippen LogP contribution is -2.24. The van der Waals surface area contributed by atoms with Gasteiger partial charge in [0.05, 0.1) is 13.7 Å². The van der Waals surface area contributed by atoms with E-state index in [-0.39, 0.29) is 5.91 Å². The molecule has 3 aromatic rings. The van der Waals surface area contributed by atoms with Crippen LogP contribution in [0.15, 0.2) is 30.5 Å². The molecule has 6 heteroatoms. The molecule has 0 fully saturated rings. The van der Waals surface area contributed by atoms with Crippen LogP contribution >= 0.6 is 0 Å². The average Bonchev–Trinajstić information content (AvgIpc) is 3.09. The van der Waals surface area contributed by atoms with Crippen LogP contribution in [0.1, 0.15) is 22.0 Å². The number of nitrogens with one attached hydrogen (secondary N) is 3. The maximum absolute atomic E-state index is 11.9. The number of aromatic nitrogens is 3. The number of nitrogens with zero attached hydrogens (tertiary/aromatic N) is 1. The Balaban J connectivity index is 1.71. The first-order valence-corrected chi connectivity index (χ1v) is 6.61. The lowest BCUT2D eigenvalue weighted by Gasteiger charge is -2.00. The summed E-state index contributed by atoms with van der Waals surface area (Å²) in [4.78, 5) is 22.1. The van der Waals surface area contributed by atoms with Crippen molar-refractivity contribution < 1.29 is 9.53 Å². The van der Waals surface area contributed by atoms with Gasteiger partial charge in [0.1, 0.15) is 5.75 Å². The van der Waals surface area contributed by atoms with Crippen molar-refractivity contribution >= 4 is 16.8 Å². The highest BCUT2D eigenvalue weighted by Crippen LogP contribution is 2.21. The number of rotatable bonds is 4. The maximum atomic E-state index is 11.9. The van der Waals surface area contributed by atoms with Crippen LogP contribution in [0.3, 0.4) is 0 Å². The monoisotopic (exact) mass is 284 g/mol. The summed E-state index contributed by atoms with van der Waals surface area (Å²) in [7, 11) is 1.64. The van der Waals surface area contributed by atoms with Gasteiger partial charge in [0.25, 0.3) is 5.91 Å².